The van der Waals surface area contributed by atoms with Crippen LogP contribution in [0.5, 0.6) is 0 Å². The number of esters is 4. The van der Waals surface area contributed by atoms with Crippen LogP contribution in [0.2, 0.25) is 0 Å². The molecule has 0 aromatic heterocycles. The average molecular weight is 414 g/mol. The van der Waals surface area contributed by atoms with Crippen LogP contribution in [0.3, 0.4) is 0 Å². The molecule has 0 spiro atoms. The van der Waals surface area contributed by atoms with Gasteiger partial charge in [-0.15, -0.1) is 0 Å². The van der Waals surface area contributed by atoms with Crippen LogP contribution in [-0.4, -0.2) is 100.0 Å². The number of hydrogen-bond donors (Lipinski definition) is 0. The second kappa shape index (κ2) is 15.8. The number of carbonyl (C=O) groups is 6. The number of rotatable bonds is 8. The summed E-state index contributed by atoms with van der Waals surface area (Å²) in [7, 11) is 1.92. The molecule has 0 saturated heterocycles. The minimum absolute atomic E-state index is 0. The van der Waals surface area contributed by atoms with Gasteiger partial charge in [0.25, 0.3) is 0 Å². The zero-order valence-electron chi connectivity index (χ0n) is 14.3. The molecule has 12 nitrogen and oxygen atoms in total. The van der Waals surface area contributed by atoms with E-state index in [1.165, 1.54) is 0 Å². The van der Waals surface area contributed by atoms with Gasteiger partial charge in [-0.3, -0.25) is 0 Å². The molecule has 0 aliphatic carbocycles. The Morgan fingerprint density at radius 3 is 1.15 bits per heavy atom. The summed E-state index contributed by atoms with van der Waals surface area (Å²) in [5, 5.41) is 20.5. The second-order valence-electron chi connectivity index (χ2n) is 3.73. The Morgan fingerprint density at radius 1 is 0.741 bits per heavy atom. The second-order valence-corrected chi connectivity index (χ2v) is 3.73. The first-order chi connectivity index (χ1) is 12.0. The van der Waals surface area contributed by atoms with E-state index in [-0.39, 0.29) is 37.7 Å². The van der Waals surface area contributed by atoms with E-state index in [1.807, 2.05) is 0 Å². The molecule has 0 amide bonds. The van der Waals surface area contributed by atoms with E-state index in [9.17, 15) is 39.0 Å². The third kappa shape index (κ3) is 12.5. The number of carboxylic acid groups (broad SMARTS) is 2. The van der Waals surface area contributed by atoms with Crippen molar-refractivity contribution in [2.75, 3.05) is 14.2 Å². The fourth-order valence-electron chi connectivity index (χ4n) is 0.928. The summed E-state index contributed by atoms with van der Waals surface area (Å²) >= 11 is 0. The summed E-state index contributed by atoms with van der Waals surface area (Å²) in [6.07, 6.45) is -2.65. The van der Waals surface area contributed by atoms with Crippen LogP contribution < -0.4 is 10.2 Å². The number of aliphatic carboxylic acids is 2. The molecule has 0 rings (SSSR count). The summed E-state index contributed by atoms with van der Waals surface area (Å²) in [5.74, 6) is -8.20. The van der Waals surface area contributed by atoms with Gasteiger partial charge in [-0.1, -0.05) is 13.2 Å². The SMILES string of the molecule is C=CC(=O)OC(C(=O)[O-])C(=O)OC.C=CC(=O)OC(C(=O)[O-])C(=O)OC.[Ca+2]. The molecule has 0 aliphatic rings. The molecule has 0 radical (unpaired) electrons. The fourth-order valence-corrected chi connectivity index (χ4v) is 0.928. The Bertz CT molecular complexity index is 545. The standard InChI is InChI=1S/2C7H8O6.Ca/c2*1-3-4(8)13-5(6(9)10)7(11)12-2;/h2*3,5H,1H2,2H3,(H,9,10);/q;;+2/p-2. The predicted molar refractivity (Wildman–Crippen MR) is 80.0 cm³/mol. The Morgan fingerprint density at radius 2 is 1.00 bits per heavy atom. The van der Waals surface area contributed by atoms with Crippen molar-refractivity contribution >= 4 is 73.6 Å². The van der Waals surface area contributed by atoms with Crippen molar-refractivity contribution in [2.24, 2.45) is 0 Å². The van der Waals surface area contributed by atoms with Gasteiger partial charge in [0.05, 0.1) is 26.2 Å². The monoisotopic (exact) mass is 414 g/mol. The average Bonchev–Trinajstić information content (AvgIpc) is 2.62. The molecule has 0 fully saturated rings. The van der Waals surface area contributed by atoms with E-state index >= 15 is 0 Å². The number of methoxy groups -OCH3 is 2. The van der Waals surface area contributed by atoms with Crippen molar-refractivity contribution in [3.05, 3.63) is 25.3 Å². The number of carbonyl (C=O) groups excluding carboxylic acids is 6. The summed E-state index contributed by atoms with van der Waals surface area (Å²) in [6.45, 7) is 6.04. The van der Waals surface area contributed by atoms with Crippen molar-refractivity contribution in [3.63, 3.8) is 0 Å². The molecular formula is C14H14CaO12. The van der Waals surface area contributed by atoms with Crippen molar-refractivity contribution in [2.45, 2.75) is 12.2 Å². The quantitative estimate of drug-likeness (QED) is 0.122. The first-order valence-electron chi connectivity index (χ1n) is 6.29. The van der Waals surface area contributed by atoms with Crippen molar-refractivity contribution in [1.82, 2.24) is 0 Å². The van der Waals surface area contributed by atoms with Gasteiger partial charge in [-0.2, -0.15) is 0 Å². The van der Waals surface area contributed by atoms with Crippen molar-refractivity contribution < 1.29 is 57.9 Å². The normalized spacial score (nSPS) is 10.7. The van der Waals surface area contributed by atoms with Gasteiger partial charge >= 0.3 is 61.6 Å². The molecule has 0 aromatic rings. The van der Waals surface area contributed by atoms with E-state index in [0.717, 1.165) is 26.4 Å². The van der Waals surface area contributed by atoms with Crippen LogP contribution in [0, 0.1) is 0 Å². The van der Waals surface area contributed by atoms with Gasteiger partial charge < -0.3 is 38.7 Å². The summed E-state index contributed by atoms with van der Waals surface area (Å²) in [6, 6.07) is 0. The van der Waals surface area contributed by atoms with E-state index < -0.39 is 48.0 Å². The first-order valence-corrected chi connectivity index (χ1v) is 6.29. The van der Waals surface area contributed by atoms with Crippen LogP contribution in [0.4, 0.5) is 0 Å². The van der Waals surface area contributed by atoms with Gasteiger partial charge in [0.15, 0.2) is 0 Å². The first kappa shape index (κ1) is 29.3. The maximum atomic E-state index is 10.7. The van der Waals surface area contributed by atoms with E-state index in [2.05, 4.69) is 32.1 Å². The fraction of sp³-hybridized carbons (Fsp3) is 0.286. The minimum atomic E-state index is -2.05. The van der Waals surface area contributed by atoms with Gasteiger partial charge in [-0.25, -0.2) is 19.2 Å². The molecule has 13 heteroatoms. The van der Waals surface area contributed by atoms with Crippen LogP contribution >= 0.6 is 0 Å². The van der Waals surface area contributed by atoms with Gasteiger partial charge in [0.1, 0.15) is 0 Å². The number of carboxylic acids is 2. The van der Waals surface area contributed by atoms with E-state index in [1.54, 1.807) is 0 Å². The van der Waals surface area contributed by atoms with Crippen LogP contribution in [0.15, 0.2) is 25.3 Å². The maximum Gasteiger partial charge on any atom is 2.00 e. The third-order valence-corrected chi connectivity index (χ3v) is 2.06. The Hall–Kier alpha value is -2.44. The molecule has 0 saturated carbocycles. The Labute approximate surface area is 182 Å². The molecule has 0 bridgehead atoms. The zero-order valence-corrected chi connectivity index (χ0v) is 16.5. The zero-order chi connectivity index (χ0) is 20.9. The molecule has 27 heavy (non-hydrogen) atoms. The molecule has 0 aliphatic heterocycles. The summed E-state index contributed by atoms with van der Waals surface area (Å²) < 4.78 is 16.3. The van der Waals surface area contributed by atoms with E-state index in [4.69, 9.17) is 0 Å². The molecule has 2 atom stereocenters. The van der Waals surface area contributed by atoms with Crippen molar-refractivity contribution in [1.29, 1.82) is 0 Å². The van der Waals surface area contributed by atoms with Gasteiger partial charge in [0.2, 0.25) is 12.2 Å². The Balaban J connectivity index is -0.000000411. The van der Waals surface area contributed by atoms with Crippen LogP contribution in [0.25, 0.3) is 0 Å². The van der Waals surface area contributed by atoms with Crippen LogP contribution in [0.1, 0.15) is 0 Å². The van der Waals surface area contributed by atoms with E-state index in [0.29, 0.717) is 0 Å². The number of hydrogen-bond acceptors (Lipinski definition) is 12. The summed E-state index contributed by atoms with van der Waals surface area (Å²) in [4.78, 5) is 62.8. The molecule has 0 heterocycles. The minimum Gasteiger partial charge on any atom is -0.545 e. The molecular weight excluding hydrogens is 400 g/mol. The van der Waals surface area contributed by atoms with Gasteiger partial charge in [-0.05, 0) is 0 Å². The predicted octanol–water partition coefficient (Wildman–Crippen LogP) is -4.37. The Kier molecular flexibility index (Phi) is 17.1. The smallest absolute Gasteiger partial charge is 0.545 e. The molecule has 0 aromatic carbocycles. The third-order valence-electron chi connectivity index (χ3n) is 2.06. The topological polar surface area (TPSA) is 185 Å². The maximum absolute atomic E-state index is 10.7. The largest absolute Gasteiger partial charge is 2.00 e. The van der Waals surface area contributed by atoms with Gasteiger partial charge in [0, 0.05) is 12.2 Å². The number of ether oxygens (including phenoxy) is 4. The van der Waals surface area contributed by atoms with Crippen molar-refractivity contribution in [3.8, 4) is 0 Å². The molecule has 2 unspecified atom stereocenters. The van der Waals surface area contributed by atoms with Crippen LogP contribution in [-0.2, 0) is 47.7 Å². The summed E-state index contributed by atoms with van der Waals surface area (Å²) in [5.41, 5.74) is 0. The molecule has 0 N–H and O–H groups in total. The molecule has 144 valence electrons.